The molecule has 0 aromatic heterocycles. The molecule has 1 rings (SSSR count). The summed E-state index contributed by atoms with van der Waals surface area (Å²) < 4.78 is 25.7. The Bertz CT molecular complexity index is 410. The van der Waals surface area contributed by atoms with E-state index in [1.54, 1.807) is 0 Å². The third kappa shape index (κ3) is 4.41. The number of amides is 1. The highest BCUT2D eigenvalue weighted by Crippen LogP contribution is 2.09. The van der Waals surface area contributed by atoms with E-state index >= 15 is 0 Å². The molecule has 0 saturated heterocycles. The van der Waals surface area contributed by atoms with Crippen molar-refractivity contribution in [2.75, 3.05) is 6.54 Å². The third-order valence-corrected chi connectivity index (χ3v) is 2.72. The minimum Gasteiger partial charge on any atom is -0.353 e. The summed E-state index contributed by atoms with van der Waals surface area (Å²) in [5, 5.41) is 2.82. The van der Waals surface area contributed by atoms with E-state index in [4.69, 9.17) is 5.73 Å². The van der Waals surface area contributed by atoms with Crippen molar-refractivity contribution in [3.05, 3.63) is 35.4 Å². The quantitative estimate of drug-likeness (QED) is 0.814. The first-order valence-corrected chi connectivity index (χ1v) is 6.00. The second-order valence-corrected chi connectivity index (χ2v) is 4.18. The van der Waals surface area contributed by atoms with Crippen LogP contribution in [0.1, 0.15) is 25.3 Å². The number of halogens is 2. The van der Waals surface area contributed by atoms with Crippen LogP contribution in [0, 0.1) is 11.6 Å². The van der Waals surface area contributed by atoms with Gasteiger partial charge in [0.2, 0.25) is 5.91 Å². The van der Waals surface area contributed by atoms with Gasteiger partial charge in [-0.25, -0.2) is 8.78 Å². The first-order valence-electron chi connectivity index (χ1n) is 6.00. The van der Waals surface area contributed by atoms with Crippen molar-refractivity contribution in [2.24, 2.45) is 5.73 Å². The first kappa shape index (κ1) is 14.6. The monoisotopic (exact) mass is 256 g/mol. The SMILES string of the molecule is CCC(CCN)NC(=O)Cc1ccc(F)c(F)c1. The van der Waals surface area contributed by atoms with Gasteiger partial charge in [-0.15, -0.1) is 0 Å². The molecule has 100 valence electrons. The Labute approximate surface area is 105 Å². The summed E-state index contributed by atoms with van der Waals surface area (Å²) in [6.07, 6.45) is 1.54. The maximum Gasteiger partial charge on any atom is 0.224 e. The third-order valence-electron chi connectivity index (χ3n) is 2.72. The van der Waals surface area contributed by atoms with Crippen LogP contribution in [0.5, 0.6) is 0 Å². The number of hydrogen-bond donors (Lipinski definition) is 2. The Morgan fingerprint density at radius 3 is 2.67 bits per heavy atom. The van der Waals surface area contributed by atoms with Gasteiger partial charge in [-0.05, 0) is 37.1 Å². The molecule has 1 amide bonds. The molecule has 3 N–H and O–H groups in total. The van der Waals surface area contributed by atoms with Crippen LogP contribution >= 0.6 is 0 Å². The van der Waals surface area contributed by atoms with Crippen molar-refractivity contribution >= 4 is 5.91 Å². The van der Waals surface area contributed by atoms with Crippen LogP contribution in [0.2, 0.25) is 0 Å². The smallest absolute Gasteiger partial charge is 0.224 e. The van der Waals surface area contributed by atoms with Crippen LogP contribution in [0.4, 0.5) is 8.78 Å². The fourth-order valence-corrected chi connectivity index (χ4v) is 1.69. The average Bonchev–Trinajstić information content (AvgIpc) is 2.33. The molecule has 1 atom stereocenters. The molecule has 1 aromatic carbocycles. The Kier molecular flexibility index (Phi) is 5.71. The number of carbonyl (C=O) groups excluding carboxylic acids is 1. The molecule has 0 heterocycles. The van der Waals surface area contributed by atoms with Gasteiger partial charge in [0, 0.05) is 6.04 Å². The minimum atomic E-state index is -0.936. The van der Waals surface area contributed by atoms with Crippen LogP contribution in [-0.4, -0.2) is 18.5 Å². The van der Waals surface area contributed by atoms with Gasteiger partial charge in [0.25, 0.3) is 0 Å². The Morgan fingerprint density at radius 2 is 2.11 bits per heavy atom. The second-order valence-electron chi connectivity index (χ2n) is 4.18. The molecule has 0 aliphatic heterocycles. The molecule has 0 spiro atoms. The van der Waals surface area contributed by atoms with Crippen molar-refractivity contribution < 1.29 is 13.6 Å². The number of hydrogen-bond acceptors (Lipinski definition) is 2. The largest absolute Gasteiger partial charge is 0.353 e. The van der Waals surface area contributed by atoms with E-state index in [-0.39, 0.29) is 18.4 Å². The van der Waals surface area contributed by atoms with Crippen molar-refractivity contribution in [1.82, 2.24) is 5.32 Å². The lowest BCUT2D eigenvalue weighted by Crippen LogP contribution is -2.36. The number of nitrogens with one attached hydrogen (secondary N) is 1. The van der Waals surface area contributed by atoms with Gasteiger partial charge in [-0.2, -0.15) is 0 Å². The summed E-state index contributed by atoms with van der Waals surface area (Å²) in [6.45, 7) is 2.46. The topological polar surface area (TPSA) is 55.1 Å². The van der Waals surface area contributed by atoms with E-state index in [1.807, 2.05) is 6.92 Å². The molecular weight excluding hydrogens is 238 g/mol. The number of carbonyl (C=O) groups is 1. The number of benzene rings is 1. The van der Waals surface area contributed by atoms with Crippen molar-refractivity contribution in [2.45, 2.75) is 32.2 Å². The van der Waals surface area contributed by atoms with Crippen LogP contribution in [0.3, 0.4) is 0 Å². The predicted molar refractivity (Wildman–Crippen MR) is 66.0 cm³/mol. The highest BCUT2D eigenvalue weighted by atomic mass is 19.2. The zero-order valence-electron chi connectivity index (χ0n) is 10.4. The maximum atomic E-state index is 13.0. The van der Waals surface area contributed by atoms with Gasteiger partial charge in [-0.1, -0.05) is 13.0 Å². The molecule has 3 nitrogen and oxygen atoms in total. The van der Waals surface area contributed by atoms with E-state index in [0.29, 0.717) is 18.5 Å². The highest BCUT2D eigenvalue weighted by Gasteiger charge is 2.11. The fraction of sp³-hybridized carbons (Fsp3) is 0.462. The summed E-state index contributed by atoms with van der Waals surface area (Å²) >= 11 is 0. The molecule has 18 heavy (non-hydrogen) atoms. The summed E-state index contributed by atoms with van der Waals surface area (Å²) in [4.78, 5) is 11.7. The van der Waals surface area contributed by atoms with Gasteiger partial charge >= 0.3 is 0 Å². The second kappa shape index (κ2) is 7.06. The Balaban J connectivity index is 2.55. The minimum absolute atomic E-state index is 0.0350. The lowest BCUT2D eigenvalue weighted by molar-refractivity contribution is -0.121. The fourth-order valence-electron chi connectivity index (χ4n) is 1.69. The predicted octanol–water partition coefficient (Wildman–Crippen LogP) is 1.75. The van der Waals surface area contributed by atoms with Crippen LogP contribution in [0.25, 0.3) is 0 Å². The molecule has 0 fully saturated rings. The normalized spacial score (nSPS) is 12.2. The first-order chi connectivity index (χ1) is 8.56. The summed E-state index contributed by atoms with van der Waals surface area (Å²) in [6, 6.07) is 3.50. The van der Waals surface area contributed by atoms with E-state index in [9.17, 15) is 13.6 Å². The van der Waals surface area contributed by atoms with Crippen LogP contribution < -0.4 is 11.1 Å². The summed E-state index contributed by atoms with van der Waals surface area (Å²) in [5.74, 6) is -2.05. The van der Waals surface area contributed by atoms with Gasteiger partial charge < -0.3 is 11.1 Å². The molecule has 1 unspecified atom stereocenters. The molecular formula is C13H18F2N2O. The van der Waals surface area contributed by atoms with Gasteiger partial charge in [0.15, 0.2) is 11.6 Å². The highest BCUT2D eigenvalue weighted by molar-refractivity contribution is 5.78. The Morgan fingerprint density at radius 1 is 1.39 bits per heavy atom. The van der Waals surface area contributed by atoms with E-state index in [2.05, 4.69) is 5.32 Å². The summed E-state index contributed by atoms with van der Waals surface area (Å²) in [5.41, 5.74) is 5.88. The molecule has 1 aromatic rings. The van der Waals surface area contributed by atoms with Gasteiger partial charge in [0.05, 0.1) is 6.42 Å². The van der Waals surface area contributed by atoms with Crippen LogP contribution in [0.15, 0.2) is 18.2 Å². The van der Waals surface area contributed by atoms with Crippen molar-refractivity contribution in [1.29, 1.82) is 0 Å². The molecule has 0 saturated carbocycles. The molecule has 0 bridgehead atoms. The molecule has 0 radical (unpaired) electrons. The van der Waals surface area contributed by atoms with Crippen molar-refractivity contribution in [3.8, 4) is 0 Å². The van der Waals surface area contributed by atoms with E-state index < -0.39 is 11.6 Å². The summed E-state index contributed by atoms with van der Waals surface area (Å²) in [7, 11) is 0. The average molecular weight is 256 g/mol. The lowest BCUT2D eigenvalue weighted by atomic mass is 10.1. The zero-order chi connectivity index (χ0) is 13.5. The van der Waals surface area contributed by atoms with E-state index in [0.717, 1.165) is 18.6 Å². The molecule has 0 aliphatic rings. The molecule has 0 aliphatic carbocycles. The van der Waals surface area contributed by atoms with E-state index in [1.165, 1.54) is 6.07 Å². The van der Waals surface area contributed by atoms with Crippen LogP contribution in [-0.2, 0) is 11.2 Å². The van der Waals surface area contributed by atoms with Gasteiger partial charge in [-0.3, -0.25) is 4.79 Å². The number of nitrogens with two attached hydrogens (primary N) is 1. The van der Waals surface area contributed by atoms with Gasteiger partial charge in [0.1, 0.15) is 0 Å². The standard InChI is InChI=1S/C13H18F2N2O/c1-2-10(5-6-16)17-13(18)8-9-3-4-11(14)12(15)7-9/h3-4,7,10H,2,5-6,8,16H2,1H3,(H,17,18). The Hall–Kier alpha value is -1.49. The zero-order valence-corrected chi connectivity index (χ0v) is 10.4. The lowest BCUT2D eigenvalue weighted by Gasteiger charge is -2.15. The molecule has 5 heteroatoms. The maximum absolute atomic E-state index is 13.0. The van der Waals surface area contributed by atoms with Crippen molar-refractivity contribution in [3.63, 3.8) is 0 Å². The number of rotatable bonds is 6.